The lowest BCUT2D eigenvalue weighted by molar-refractivity contribution is -0.157. The minimum absolute atomic E-state index is 0.327. The van der Waals surface area contributed by atoms with Gasteiger partial charge in [0.05, 0.1) is 66.1 Å². The van der Waals surface area contributed by atoms with Gasteiger partial charge in [0.15, 0.2) is 6.10 Å². The second kappa shape index (κ2) is 17.6. The van der Waals surface area contributed by atoms with Gasteiger partial charge in [-0.3, -0.25) is 0 Å². The van der Waals surface area contributed by atoms with E-state index in [4.69, 9.17) is 28.4 Å². The molecule has 1 fully saturated rings. The second-order valence-electron chi connectivity index (χ2n) is 5.52. The molecule has 1 saturated heterocycles. The first kappa shape index (κ1) is 23.2. The minimum Gasteiger partial charge on any atom is -0.464 e. The van der Waals surface area contributed by atoms with Crippen molar-refractivity contribution in [2.45, 2.75) is 13.0 Å². The largest absolute Gasteiger partial charge is 0.464 e. The zero-order valence-electron chi connectivity index (χ0n) is 15.8. The number of esters is 1. The summed E-state index contributed by atoms with van der Waals surface area (Å²) in [6, 6.07) is 0. The molecule has 0 amide bonds. The maximum Gasteiger partial charge on any atom is 0.336 e. The van der Waals surface area contributed by atoms with Crippen molar-refractivity contribution >= 4 is 5.97 Å². The fourth-order valence-corrected chi connectivity index (χ4v) is 2.13. The molecule has 0 bridgehead atoms. The molecule has 9 heteroatoms. The molecule has 154 valence electrons. The van der Waals surface area contributed by atoms with Crippen LogP contribution in [0.15, 0.2) is 0 Å². The molecule has 1 rings (SSSR count). The van der Waals surface area contributed by atoms with Gasteiger partial charge in [0.25, 0.3) is 0 Å². The van der Waals surface area contributed by atoms with Gasteiger partial charge >= 0.3 is 5.97 Å². The smallest absolute Gasteiger partial charge is 0.336 e. The monoisotopic (exact) mass is 378 g/mol. The zero-order valence-corrected chi connectivity index (χ0v) is 15.8. The Kier molecular flexibility index (Phi) is 15.7. The van der Waals surface area contributed by atoms with Crippen LogP contribution in [0.1, 0.15) is 6.92 Å². The van der Waals surface area contributed by atoms with Crippen LogP contribution in [0, 0.1) is 0 Å². The van der Waals surface area contributed by atoms with Crippen LogP contribution in [0.5, 0.6) is 0 Å². The average molecular weight is 378 g/mol. The molecule has 1 atom stereocenters. The molecule has 9 nitrogen and oxygen atoms in total. The standard InChI is InChI=1S/C17H34N2O7/c1-2-25-17(20)16-15-19-5-8-22-10-12-24-11-9-21-6-3-18-4-7-23-13-14-26-16/h16,18-19H,2-15H2,1H3. The maximum absolute atomic E-state index is 11.9. The lowest BCUT2D eigenvalue weighted by atomic mass is 10.3. The molecule has 0 radical (unpaired) electrons. The van der Waals surface area contributed by atoms with Crippen molar-refractivity contribution in [3.8, 4) is 0 Å². The summed E-state index contributed by atoms with van der Waals surface area (Å²) in [5.41, 5.74) is 0. The second-order valence-corrected chi connectivity index (χ2v) is 5.52. The van der Waals surface area contributed by atoms with E-state index in [9.17, 15) is 4.79 Å². The number of ether oxygens (including phenoxy) is 6. The summed E-state index contributed by atoms with van der Waals surface area (Å²) in [7, 11) is 0. The Labute approximate surface area is 156 Å². The van der Waals surface area contributed by atoms with Gasteiger partial charge in [-0.1, -0.05) is 0 Å². The predicted molar refractivity (Wildman–Crippen MR) is 95.4 cm³/mol. The van der Waals surface area contributed by atoms with E-state index in [2.05, 4.69) is 10.6 Å². The Morgan fingerprint density at radius 1 is 0.808 bits per heavy atom. The fourth-order valence-electron chi connectivity index (χ4n) is 2.13. The highest BCUT2D eigenvalue weighted by Crippen LogP contribution is 1.96. The Bertz CT molecular complexity index is 312. The molecule has 0 aromatic heterocycles. The van der Waals surface area contributed by atoms with Crippen molar-refractivity contribution in [1.29, 1.82) is 0 Å². The summed E-state index contributed by atoms with van der Waals surface area (Å²) in [4.78, 5) is 11.9. The van der Waals surface area contributed by atoms with Crippen LogP contribution in [0.4, 0.5) is 0 Å². The Hall–Kier alpha value is -0.810. The van der Waals surface area contributed by atoms with E-state index in [-0.39, 0.29) is 5.97 Å². The number of rotatable bonds is 2. The van der Waals surface area contributed by atoms with E-state index >= 15 is 0 Å². The Morgan fingerprint density at radius 2 is 1.31 bits per heavy atom. The quantitative estimate of drug-likeness (QED) is 0.598. The lowest BCUT2D eigenvalue weighted by Crippen LogP contribution is -2.39. The molecule has 26 heavy (non-hydrogen) atoms. The zero-order chi connectivity index (χ0) is 18.7. The van der Waals surface area contributed by atoms with Gasteiger partial charge in [0.2, 0.25) is 0 Å². The summed E-state index contributed by atoms with van der Waals surface area (Å²) < 4.78 is 32.4. The number of hydrogen-bond acceptors (Lipinski definition) is 9. The highest BCUT2D eigenvalue weighted by molar-refractivity contribution is 5.74. The van der Waals surface area contributed by atoms with Gasteiger partial charge in [0, 0.05) is 26.2 Å². The van der Waals surface area contributed by atoms with Crippen LogP contribution in [0.3, 0.4) is 0 Å². The SMILES string of the molecule is CCOC(=O)C1CNCCOCCOCCOCCNCCOCCO1. The lowest BCUT2D eigenvalue weighted by Gasteiger charge is -2.17. The molecular weight excluding hydrogens is 344 g/mol. The number of hydrogen-bond donors (Lipinski definition) is 2. The van der Waals surface area contributed by atoms with Crippen molar-refractivity contribution in [2.24, 2.45) is 0 Å². The number of carbonyl (C=O) groups is 1. The Balaban J connectivity index is 2.29. The van der Waals surface area contributed by atoms with Gasteiger partial charge in [0.1, 0.15) is 0 Å². The summed E-state index contributed by atoms with van der Waals surface area (Å²) in [5, 5.41) is 6.37. The van der Waals surface area contributed by atoms with Gasteiger partial charge in [-0.05, 0) is 6.92 Å². The maximum atomic E-state index is 11.9. The third-order valence-corrected chi connectivity index (χ3v) is 3.44. The van der Waals surface area contributed by atoms with Crippen molar-refractivity contribution in [3.05, 3.63) is 0 Å². The molecule has 1 aliphatic heterocycles. The van der Waals surface area contributed by atoms with Gasteiger partial charge in [-0.2, -0.15) is 0 Å². The van der Waals surface area contributed by atoms with E-state index in [1.165, 1.54) is 0 Å². The van der Waals surface area contributed by atoms with Crippen LogP contribution in [-0.4, -0.2) is 104 Å². The number of nitrogens with one attached hydrogen (secondary N) is 2. The van der Waals surface area contributed by atoms with Gasteiger partial charge in [-0.15, -0.1) is 0 Å². The molecule has 0 saturated carbocycles. The van der Waals surface area contributed by atoms with Crippen molar-refractivity contribution in [2.75, 3.05) is 92.2 Å². The third kappa shape index (κ3) is 13.4. The van der Waals surface area contributed by atoms with Crippen LogP contribution in [-0.2, 0) is 33.2 Å². The van der Waals surface area contributed by atoms with E-state index in [0.29, 0.717) is 79.2 Å². The van der Waals surface area contributed by atoms with Crippen LogP contribution < -0.4 is 10.6 Å². The number of carbonyl (C=O) groups excluding carboxylic acids is 1. The molecule has 1 heterocycles. The highest BCUT2D eigenvalue weighted by atomic mass is 16.6. The molecule has 2 N–H and O–H groups in total. The van der Waals surface area contributed by atoms with Gasteiger partial charge in [-0.25, -0.2) is 4.79 Å². The van der Waals surface area contributed by atoms with E-state index in [1.54, 1.807) is 6.92 Å². The van der Waals surface area contributed by atoms with Crippen molar-refractivity contribution < 1.29 is 33.2 Å². The molecule has 1 unspecified atom stereocenters. The van der Waals surface area contributed by atoms with E-state index in [0.717, 1.165) is 13.1 Å². The average Bonchev–Trinajstić information content (AvgIpc) is 2.64. The first-order valence-electron chi connectivity index (χ1n) is 9.35. The summed E-state index contributed by atoms with van der Waals surface area (Å²) >= 11 is 0. The van der Waals surface area contributed by atoms with Crippen molar-refractivity contribution in [1.82, 2.24) is 10.6 Å². The molecule has 0 aromatic carbocycles. The molecule has 0 spiro atoms. The summed E-state index contributed by atoms with van der Waals surface area (Å²) in [5.74, 6) is -0.366. The van der Waals surface area contributed by atoms with Crippen LogP contribution in [0.2, 0.25) is 0 Å². The molecular formula is C17H34N2O7. The predicted octanol–water partition coefficient (Wildman–Crippen LogP) is -0.806. The molecule has 0 aromatic rings. The minimum atomic E-state index is -0.647. The fraction of sp³-hybridized carbons (Fsp3) is 0.941. The van der Waals surface area contributed by atoms with Crippen molar-refractivity contribution in [3.63, 3.8) is 0 Å². The van der Waals surface area contributed by atoms with Crippen LogP contribution in [0.25, 0.3) is 0 Å². The summed E-state index contributed by atoms with van der Waals surface area (Å²) in [6.07, 6.45) is -0.647. The van der Waals surface area contributed by atoms with E-state index < -0.39 is 6.10 Å². The first-order chi connectivity index (χ1) is 12.8. The Morgan fingerprint density at radius 3 is 1.88 bits per heavy atom. The molecule has 1 aliphatic rings. The third-order valence-electron chi connectivity index (χ3n) is 3.44. The van der Waals surface area contributed by atoms with Gasteiger partial charge < -0.3 is 39.1 Å². The normalized spacial score (nSPS) is 24.3. The highest BCUT2D eigenvalue weighted by Gasteiger charge is 2.19. The van der Waals surface area contributed by atoms with E-state index in [1.807, 2.05) is 0 Å². The first-order valence-corrected chi connectivity index (χ1v) is 9.35. The topological polar surface area (TPSA) is 96.5 Å². The molecule has 0 aliphatic carbocycles. The summed E-state index contributed by atoms with van der Waals surface area (Å²) in [6.45, 7) is 9.29. The van der Waals surface area contributed by atoms with Crippen LogP contribution >= 0.6 is 0 Å².